The standard InChI is InChI=1S/C27H29FN8O2/c1-16-8-22(32-23(9-16)33-24-10-21(34-35-24)18-3-4-18)27(38)7-6-19(11-27)26(37)30-13-17-2-5-25(29-12-17)36-15-20(28)14-31-36/h2,5,8-10,12,14-15,18-19,38H,3-4,6-7,11,13H2,1H3,(H,30,37)(H2,32,33,34,35)/t19-,27+/m0/s1. The molecule has 38 heavy (non-hydrogen) atoms. The van der Waals surface area contributed by atoms with Crippen molar-refractivity contribution in [1.82, 2.24) is 35.3 Å². The quantitative estimate of drug-likeness (QED) is 0.280. The first kappa shape index (κ1) is 24.2. The van der Waals surface area contributed by atoms with Crippen LogP contribution >= 0.6 is 0 Å². The summed E-state index contributed by atoms with van der Waals surface area (Å²) < 4.78 is 14.5. The van der Waals surface area contributed by atoms with Crippen molar-refractivity contribution in [2.75, 3.05) is 5.32 Å². The molecule has 0 saturated heterocycles. The summed E-state index contributed by atoms with van der Waals surface area (Å²) in [5.41, 5.74) is 2.27. The highest BCUT2D eigenvalue weighted by atomic mass is 19.1. The Morgan fingerprint density at radius 3 is 2.82 bits per heavy atom. The number of carbonyl (C=O) groups excluding carboxylic acids is 1. The number of aliphatic hydroxyl groups is 1. The van der Waals surface area contributed by atoms with Gasteiger partial charge in [0.25, 0.3) is 0 Å². The van der Waals surface area contributed by atoms with E-state index < -0.39 is 11.4 Å². The summed E-state index contributed by atoms with van der Waals surface area (Å²) in [6.07, 6.45) is 7.67. The lowest BCUT2D eigenvalue weighted by Gasteiger charge is -2.23. The molecule has 10 nitrogen and oxygen atoms in total. The summed E-state index contributed by atoms with van der Waals surface area (Å²) in [5, 5.41) is 29.0. The molecule has 0 aromatic carbocycles. The average molecular weight is 517 g/mol. The van der Waals surface area contributed by atoms with E-state index in [1.54, 1.807) is 12.3 Å². The van der Waals surface area contributed by atoms with E-state index >= 15 is 0 Å². The van der Waals surface area contributed by atoms with E-state index in [-0.39, 0.29) is 11.8 Å². The second-order valence-corrected chi connectivity index (χ2v) is 10.3. The third-order valence-corrected chi connectivity index (χ3v) is 7.24. The van der Waals surface area contributed by atoms with Crippen LogP contribution in [0.1, 0.15) is 60.5 Å². The third kappa shape index (κ3) is 5.14. The van der Waals surface area contributed by atoms with E-state index in [1.807, 2.05) is 31.2 Å². The van der Waals surface area contributed by atoms with Crippen molar-refractivity contribution in [2.24, 2.45) is 5.92 Å². The molecule has 4 N–H and O–H groups in total. The number of pyridine rings is 2. The normalized spacial score (nSPS) is 21.0. The van der Waals surface area contributed by atoms with Gasteiger partial charge in [-0.25, -0.2) is 19.0 Å². The number of hydrogen-bond acceptors (Lipinski definition) is 7. The summed E-state index contributed by atoms with van der Waals surface area (Å²) in [6, 6.07) is 9.33. The molecule has 2 fully saturated rings. The Morgan fingerprint density at radius 1 is 1.21 bits per heavy atom. The van der Waals surface area contributed by atoms with Crippen molar-refractivity contribution >= 4 is 17.5 Å². The van der Waals surface area contributed by atoms with Crippen LogP contribution in [0.2, 0.25) is 0 Å². The van der Waals surface area contributed by atoms with Gasteiger partial charge in [-0.3, -0.25) is 9.89 Å². The van der Waals surface area contributed by atoms with Crippen LogP contribution in [0.3, 0.4) is 0 Å². The number of anilines is 2. The molecule has 4 aromatic rings. The fourth-order valence-corrected chi connectivity index (χ4v) is 5.00. The van der Waals surface area contributed by atoms with Crippen LogP contribution in [0.4, 0.5) is 16.0 Å². The molecule has 2 aliphatic rings. The molecule has 0 unspecified atom stereocenters. The monoisotopic (exact) mass is 516 g/mol. The molecule has 196 valence electrons. The summed E-state index contributed by atoms with van der Waals surface area (Å²) in [6.45, 7) is 2.26. The molecule has 0 radical (unpaired) electrons. The average Bonchev–Trinajstić information content (AvgIpc) is 3.27. The number of aromatic amines is 1. The largest absolute Gasteiger partial charge is 0.384 e. The highest BCUT2D eigenvalue weighted by Crippen LogP contribution is 2.42. The van der Waals surface area contributed by atoms with Gasteiger partial charge in [0.1, 0.15) is 11.4 Å². The number of halogens is 1. The minimum absolute atomic E-state index is 0.116. The number of aryl methyl sites for hydroxylation is 1. The fourth-order valence-electron chi connectivity index (χ4n) is 5.00. The Balaban J connectivity index is 1.07. The number of aromatic nitrogens is 6. The zero-order valence-corrected chi connectivity index (χ0v) is 21.0. The maximum absolute atomic E-state index is 13.2. The Labute approximate surface area is 218 Å². The van der Waals surface area contributed by atoms with E-state index in [9.17, 15) is 14.3 Å². The first-order valence-electron chi connectivity index (χ1n) is 12.8. The van der Waals surface area contributed by atoms with Crippen LogP contribution in [0.25, 0.3) is 5.82 Å². The van der Waals surface area contributed by atoms with E-state index in [1.165, 1.54) is 23.7 Å². The predicted molar refractivity (Wildman–Crippen MR) is 137 cm³/mol. The van der Waals surface area contributed by atoms with Crippen LogP contribution < -0.4 is 10.6 Å². The zero-order chi connectivity index (χ0) is 26.3. The number of rotatable bonds is 8. The molecular weight excluding hydrogens is 487 g/mol. The highest BCUT2D eigenvalue weighted by molar-refractivity contribution is 5.79. The zero-order valence-electron chi connectivity index (χ0n) is 21.0. The van der Waals surface area contributed by atoms with Gasteiger partial charge in [-0.2, -0.15) is 10.2 Å². The van der Waals surface area contributed by atoms with Gasteiger partial charge in [0.2, 0.25) is 5.91 Å². The van der Waals surface area contributed by atoms with Crippen molar-refractivity contribution in [3.8, 4) is 5.82 Å². The van der Waals surface area contributed by atoms with E-state index in [2.05, 4.69) is 35.9 Å². The predicted octanol–water partition coefficient (Wildman–Crippen LogP) is 3.76. The van der Waals surface area contributed by atoms with Crippen molar-refractivity contribution in [3.05, 3.63) is 77.3 Å². The Bertz CT molecular complexity index is 1460. The topological polar surface area (TPSA) is 134 Å². The molecule has 4 aromatic heterocycles. The number of carbonyl (C=O) groups is 1. The molecule has 2 aliphatic carbocycles. The minimum atomic E-state index is -1.18. The van der Waals surface area contributed by atoms with Crippen LogP contribution in [-0.4, -0.2) is 41.0 Å². The van der Waals surface area contributed by atoms with Crippen LogP contribution in [-0.2, 0) is 16.9 Å². The summed E-state index contributed by atoms with van der Waals surface area (Å²) in [4.78, 5) is 21.9. The maximum atomic E-state index is 13.2. The van der Waals surface area contributed by atoms with Crippen LogP contribution in [0.5, 0.6) is 0 Å². The Hall–Kier alpha value is -4.12. The minimum Gasteiger partial charge on any atom is -0.384 e. The smallest absolute Gasteiger partial charge is 0.223 e. The van der Waals surface area contributed by atoms with Crippen LogP contribution in [0.15, 0.2) is 48.9 Å². The van der Waals surface area contributed by atoms with E-state index in [4.69, 9.17) is 0 Å². The lowest BCUT2D eigenvalue weighted by molar-refractivity contribution is -0.125. The number of nitrogens with zero attached hydrogens (tertiary/aromatic N) is 5. The van der Waals surface area contributed by atoms with Gasteiger partial charge in [-0.15, -0.1) is 0 Å². The summed E-state index contributed by atoms with van der Waals surface area (Å²) in [5.74, 6) is 1.49. The van der Waals surface area contributed by atoms with Crippen molar-refractivity contribution in [1.29, 1.82) is 0 Å². The molecule has 0 aliphatic heterocycles. The maximum Gasteiger partial charge on any atom is 0.223 e. The lowest BCUT2D eigenvalue weighted by Crippen LogP contribution is -2.31. The molecule has 0 bridgehead atoms. The molecule has 6 rings (SSSR count). The van der Waals surface area contributed by atoms with Crippen molar-refractivity contribution in [3.63, 3.8) is 0 Å². The molecule has 0 spiro atoms. The van der Waals surface area contributed by atoms with Crippen LogP contribution in [0, 0.1) is 18.7 Å². The number of amides is 1. The van der Waals surface area contributed by atoms with Gasteiger partial charge in [0, 0.05) is 36.3 Å². The van der Waals surface area contributed by atoms with Gasteiger partial charge in [-0.1, -0.05) is 6.07 Å². The number of hydrogen-bond donors (Lipinski definition) is 4. The second-order valence-electron chi connectivity index (χ2n) is 10.3. The van der Waals surface area contributed by atoms with Gasteiger partial charge < -0.3 is 15.7 Å². The highest BCUT2D eigenvalue weighted by Gasteiger charge is 2.43. The molecule has 2 atom stereocenters. The summed E-state index contributed by atoms with van der Waals surface area (Å²) >= 11 is 0. The number of nitrogens with one attached hydrogen (secondary N) is 3. The first-order chi connectivity index (χ1) is 18.3. The number of H-pyrrole nitrogens is 1. The molecule has 4 heterocycles. The van der Waals surface area contributed by atoms with Gasteiger partial charge in [0.05, 0.1) is 18.1 Å². The van der Waals surface area contributed by atoms with E-state index in [0.717, 1.165) is 23.0 Å². The first-order valence-corrected chi connectivity index (χ1v) is 12.8. The third-order valence-electron chi connectivity index (χ3n) is 7.24. The van der Waals surface area contributed by atoms with Crippen molar-refractivity contribution in [2.45, 2.75) is 57.1 Å². The molecule has 11 heteroatoms. The lowest BCUT2D eigenvalue weighted by atomic mass is 9.94. The van der Waals surface area contributed by atoms with E-state index in [0.29, 0.717) is 54.9 Å². The van der Waals surface area contributed by atoms with Gasteiger partial charge in [-0.05, 0) is 68.4 Å². The Morgan fingerprint density at radius 2 is 2.08 bits per heavy atom. The Kier molecular flexibility index (Phi) is 6.15. The summed E-state index contributed by atoms with van der Waals surface area (Å²) in [7, 11) is 0. The van der Waals surface area contributed by atoms with Gasteiger partial charge in [0.15, 0.2) is 17.5 Å². The second kappa shape index (κ2) is 9.64. The fraction of sp³-hybridized carbons (Fsp3) is 0.370. The molecular formula is C27H29FN8O2. The SMILES string of the molecule is Cc1cc(Nc2cc(C3CC3)[nH]n2)nc([C@@]2(O)CC[C@H](C(=O)NCc3ccc(-n4cc(F)cn4)nc3)C2)c1. The van der Waals surface area contributed by atoms with Crippen molar-refractivity contribution < 1.29 is 14.3 Å². The molecule has 1 amide bonds. The molecule has 2 saturated carbocycles. The van der Waals surface area contributed by atoms with Gasteiger partial charge >= 0.3 is 0 Å².